The first-order chi connectivity index (χ1) is 31.3. The van der Waals surface area contributed by atoms with Crippen LogP contribution in [0.2, 0.25) is 0 Å². The zero-order chi connectivity index (χ0) is 46.6. The minimum Gasteiger partial charge on any atom is -0.394 e. The summed E-state index contributed by atoms with van der Waals surface area (Å²) < 4.78 is 11.2. The summed E-state index contributed by atoms with van der Waals surface area (Å²) in [6, 6.07) is -0.807. The minimum absolute atomic E-state index is 0.184. The number of aliphatic hydroxyl groups excluding tert-OH is 5. The van der Waals surface area contributed by atoms with E-state index in [1.807, 2.05) is 6.08 Å². The summed E-state index contributed by atoms with van der Waals surface area (Å²) in [4.78, 5) is 13.0. The lowest BCUT2D eigenvalue weighted by molar-refractivity contribution is -0.302. The number of rotatable bonds is 47. The van der Waals surface area contributed by atoms with Crippen LogP contribution >= 0.6 is 0 Å². The number of hydrogen-bond donors (Lipinski definition) is 6. The zero-order valence-corrected chi connectivity index (χ0v) is 41.8. The first-order valence-corrected chi connectivity index (χ1v) is 27.6. The Kier molecular flexibility index (Phi) is 43.1. The third kappa shape index (κ3) is 34.9. The van der Waals surface area contributed by atoms with Gasteiger partial charge in [-0.15, -0.1) is 0 Å². The Morgan fingerprint density at radius 2 is 0.875 bits per heavy atom. The van der Waals surface area contributed by atoms with Crippen LogP contribution in [0, 0.1) is 0 Å². The fourth-order valence-corrected chi connectivity index (χ4v) is 8.86. The van der Waals surface area contributed by atoms with Gasteiger partial charge in [0, 0.05) is 6.42 Å². The Hall–Kier alpha value is -1.33. The number of nitrogens with one attached hydrogen (secondary N) is 1. The molecule has 9 nitrogen and oxygen atoms in total. The van der Waals surface area contributed by atoms with Crippen molar-refractivity contribution in [2.45, 2.75) is 307 Å². The summed E-state index contributed by atoms with van der Waals surface area (Å²) >= 11 is 0. The number of ether oxygens (including phenoxy) is 2. The number of hydrogen-bond acceptors (Lipinski definition) is 8. The first kappa shape index (κ1) is 60.7. The number of carbonyl (C=O) groups excluding carboxylic acids is 1. The van der Waals surface area contributed by atoms with Crippen molar-refractivity contribution in [1.82, 2.24) is 5.32 Å². The van der Waals surface area contributed by atoms with E-state index in [1.165, 1.54) is 186 Å². The van der Waals surface area contributed by atoms with Gasteiger partial charge in [-0.1, -0.05) is 237 Å². The van der Waals surface area contributed by atoms with Gasteiger partial charge in [0.2, 0.25) is 5.91 Å². The van der Waals surface area contributed by atoms with Crippen molar-refractivity contribution in [3.8, 4) is 0 Å². The van der Waals surface area contributed by atoms with Crippen LogP contribution in [0.4, 0.5) is 0 Å². The summed E-state index contributed by atoms with van der Waals surface area (Å²) in [6.45, 7) is 3.78. The van der Waals surface area contributed by atoms with Gasteiger partial charge >= 0.3 is 0 Å². The molecular formula is C55H105NO8. The van der Waals surface area contributed by atoms with E-state index in [9.17, 15) is 30.3 Å². The summed E-state index contributed by atoms with van der Waals surface area (Å²) in [6.07, 6.45) is 49.6. The second-order valence-corrected chi connectivity index (χ2v) is 19.4. The Bertz CT molecular complexity index is 1060. The fourth-order valence-electron chi connectivity index (χ4n) is 8.86. The molecule has 0 radical (unpaired) electrons. The van der Waals surface area contributed by atoms with E-state index in [0.29, 0.717) is 6.42 Å². The topological polar surface area (TPSA) is 149 Å². The normalized spacial score (nSPS) is 20.1. The third-order valence-electron chi connectivity index (χ3n) is 13.3. The Labute approximate surface area is 394 Å². The molecule has 0 aliphatic carbocycles. The quantitative estimate of drug-likeness (QED) is 0.0261. The molecule has 7 atom stereocenters. The molecule has 1 heterocycles. The van der Waals surface area contributed by atoms with E-state index in [-0.39, 0.29) is 12.5 Å². The molecule has 6 N–H and O–H groups in total. The Morgan fingerprint density at radius 3 is 1.28 bits per heavy atom. The lowest BCUT2D eigenvalue weighted by atomic mass is 9.99. The van der Waals surface area contributed by atoms with Gasteiger partial charge in [0.25, 0.3) is 0 Å². The predicted octanol–water partition coefficient (Wildman–Crippen LogP) is 13.0. The fraction of sp³-hybridized carbons (Fsp3) is 0.909. The number of aliphatic hydroxyl groups is 5. The molecule has 1 aliphatic heterocycles. The van der Waals surface area contributed by atoms with Gasteiger partial charge < -0.3 is 40.3 Å². The van der Waals surface area contributed by atoms with Crippen molar-refractivity contribution in [3.63, 3.8) is 0 Å². The molecule has 9 heteroatoms. The van der Waals surface area contributed by atoms with Gasteiger partial charge in [-0.05, 0) is 44.9 Å². The van der Waals surface area contributed by atoms with Crippen LogP contribution in [0.15, 0.2) is 24.3 Å². The second kappa shape index (κ2) is 45.5. The Morgan fingerprint density at radius 1 is 0.516 bits per heavy atom. The van der Waals surface area contributed by atoms with Gasteiger partial charge in [-0.25, -0.2) is 0 Å². The molecule has 7 unspecified atom stereocenters. The van der Waals surface area contributed by atoms with E-state index in [4.69, 9.17) is 9.47 Å². The molecule has 0 aromatic rings. The molecule has 64 heavy (non-hydrogen) atoms. The van der Waals surface area contributed by atoms with Crippen LogP contribution in [-0.4, -0.2) is 87.5 Å². The largest absolute Gasteiger partial charge is 0.394 e. The first-order valence-electron chi connectivity index (χ1n) is 27.6. The van der Waals surface area contributed by atoms with E-state index in [1.54, 1.807) is 6.08 Å². The molecule has 1 aliphatic rings. The Balaban J connectivity index is 2.19. The van der Waals surface area contributed by atoms with Crippen molar-refractivity contribution in [3.05, 3.63) is 24.3 Å². The highest BCUT2D eigenvalue weighted by Gasteiger charge is 2.44. The SMILES string of the molecule is CCCCCC/C=C\CCCCCCCC(=O)NC(COC1OC(CO)C(O)C(O)C1O)C(O)/C=C/CCCCCCCCCCCCCCCCCCCCCCCCCCCC. The molecule has 0 spiro atoms. The van der Waals surface area contributed by atoms with Crippen LogP contribution in [0.5, 0.6) is 0 Å². The zero-order valence-electron chi connectivity index (χ0n) is 41.8. The molecule has 0 aromatic heterocycles. The average Bonchev–Trinajstić information content (AvgIpc) is 3.29. The van der Waals surface area contributed by atoms with Gasteiger partial charge in [0.05, 0.1) is 25.4 Å². The average molecular weight is 908 g/mol. The van der Waals surface area contributed by atoms with E-state index >= 15 is 0 Å². The molecule has 1 amide bonds. The molecule has 1 fully saturated rings. The summed E-state index contributed by atoms with van der Waals surface area (Å²) in [5, 5.41) is 54.4. The highest BCUT2D eigenvalue weighted by molar-refractivity contribution is 5.76. The van der Waals surface area contributed by atoms with Crippen molar-refractivity contribution in [1.29, 1.82) is 0 Å². The number of amides is 1. The van der Waals surface area contributed by atoms with Gasteiger partial charge in [0.15, 0.2) is 6.29 Å². The molecule has 0 aromatic carbocycles. The highest BCUT2D eigenvalue weighted by atomic mass is 16.7. The summed E-state index contributed by atoms with van der Waals surface area (Å²) in [7, 11) is 0. The smallest absolute Gasteiger partial charge is 0.220 e. The van der Waals surface area contributed by atoms with Crippen LogP contribution in [0.3, 0.4) is 0 Å². The van der Waals surface area contributed by atoms with Crippen molar-refractivity contribution in [2.24, 2.45) is 0 Å². The van der Waals surface area contributed by atoms with Gasteiger partial charge in [-0.3, -0.25) is 4.79 Å². The second-order valence-electron chi connectivity index (χ2n) is 19.4. The maximum atomic E-state index is 13.0. The van der Waals surface area contributed by atoms with Gasteiger partial charge in [-0.2, -0.15) is 0 Å². The van der Waals surface area contributed by atoms with E-state index < -0.39 is 49.5 Å². The maximum Gasteiger partial charge on any atom is 0.220 e. The van der Waals surface area contributed by atoms with E-state index in [0.717, 1.165) is 57.8 Å². The molecule has 0 bridgehead atoms. The molecule has 0 saturated carbocycles. The van der Waals surface area contributed by atoms with Gasteiger partial charge in [0.1, 0.15) is 24.4 Å². The molecular weight excluding hydrogens is 803 g/mol. The van der Waals surface area contributed by atoms with Crippen molar-refractivity contribution in [2.75, 3.05) is 13.2 Å². The maximum absolute atomic E-state index is 13.0. The summed E-state index contributed by atoms with van der Waals surface area (Å²) in [5.74, 6) is -0.184. The van der Waals surface area contributed by atoms with Crippen LogP contribution in [0.25, 0.3) is 0 Å². The number of unbranched alkanes of at least 4 members (excludes halogenated alkanes) is 35. The predicted molar refractivity (Wildman–Crippen MR) is 267 cm³/mol. The lowest BCUT2D eigenvalue weighted by Gasteiger charge is -2.40. The number of carbonyl (C=O) groups is 1. The molecule has 1 rings (SSSR count). The van der Waals surface area contributed by atoms with E-state index in [2.05, 4.69) is 31.3 Å². The number of allylic oxidation sites excluding steroid dienone is 3. The minimum atomic E-state index is -1.57. The molecule has 378 valence electrons. The van der Waals surface area contributed by atoms with Crippen LogP contribution in [0.1, 0.15) is 264 Å². The summed E-state index contributed by atoms with van der Waals surface area (Å²) in [5.41, 5.74) is 0. The standard InChI is InChI=1S/C55H105NO8/c1-3-5-7-9-11-13-15-17-18-19-20-21-22-23-24-25-26-27-28-29-30-31-33-34-36-38-40-42-44-49(58)48(47-63-55-54(62)53(61)52(60)50(46-57)64-55)56-51(59)45-43-41-39-37-35-32-16-14-12-10-8-6-4-2/h14,16,42,44,48-50,52-55,57-58,60-62H,3-13,15,17-41,43,45-47H2,1-2H3,(H,56,59)/b16-14-,44-42+. The highest BCUT2D eigenvalue weighted by Crippen LogP contribution is 2.23. The van der Waals surface area contributed by atoms with Crippen molar-refractivity contribution < 1.29 is 39.8 Å². The van der Waals surface area contributed by atoms with Crippen LogP contribution in [-0.2, 0) is 14.3 Å². The monoisotopic (exact) mass is 908 g/mol. The lowest BCUT2D eigenvalue weighted by Crippen LogP contribution is -2.60. The third-order valence-corrected chi connectivity index (χ3v) is 13.3. The van der Waals surface area contributed by atoms with Crippen LogP contribution < -0.4 is 5.32 Å². The molecule has 1 saturated heterocycles. The van der Waals surface area contributed by atoms with Crippen molar-refractivity contribution >= 4 is 5.91 Å².